The van der Waals surface area contributed by atoms with Crippen LogP contribution in [0.1, 0.15) is 96.8 Å². The monoisotopic (exact) mass is 384 g/mol. The molecule has 0 amide bonds. The van der Waals surface area contributed by atoms with Gasteiger partial charge in [0.2, 0.25) is 0 Å². The van der Waals surface area contributed by atoms with Gasteiger partial charge in [-0.2, -0.15) is 0 Å². The van der Waals surface area contributed by atoms with Gasteiger partial charge in [-0.15, -0.1) is 0 Å². The molecule has 2 aliphatic rings. The third kappa shape index (κ3) is 8.00. The van der Waals surface area contributed by atoms with Crippen molar-refractivity contribution in [1.82, 2.24) is 0 Å². The molecule has 4 unspecified atom stereocenters. The van der Waals surface area contributed by atoms with Crippen molar-refractivity contribution in [2.75, 3.05) is 21.3 Å². The van der Waals surface area contributed by atoms with E-state index in [1.54, 1.807) is 21.3 Å². The average Bonchev–Trinajstić information content (AvgIpc) is 3.47. The summed E-state index contributed by atoms with van der Waals surface area (Å²) in [5, 5.41) is 0. The Labute approximate surface area is 167 Å². The molecule has 4 nitrogen and oxygen atoms in total. The van der Waals surface area contributed by atoms with E-state index < -0.39 is 5.97 Å². The number of ether oxygens (including phenoxy) is 4. The summed E-state index contributed by atoms with van der Waals surface area (Å²) in [5.41, 5.74) is 0. The first-order chi connectivity index (χ1) is 13.2. The molecule has 0 aromatic rings. The second kappa shape index (κ2) is 12.4. The lowest BCUT2D eigenvalue weighted by atomic mass is 9.84. The van der Waals surface area contributed by atoms with Crippen LogP contribution >= 0.6 is 0 Å². The van der Waals surface area contributed by atoms with Crippen molar-refractivity contribution in [3.05, 3.63) is 0 Å². The van der Waals surface area contributed by atoms with E-state index >= 15 is 0 Å². The third-order valence-corrected chi connectivity index (χ3v) is 6.83. The van der Waals surface area contributed by atoms with Gasteiger partial charge in [-0.05, 0) is 37.5 Å². The highest BCUT2D eigenvalue weighted by molar-refractivity contribution is 4.91. The smallest absolute Gasteiger partial charge is 0.282 e. The molecule has 0 N–H and O–H groups in total. The number of unbranched alkanes of at least 4 members (excludes halogenated alkanes) is 3. The molecule has 27 heavy (non-hydrogen) atoms. The predicted molar refractivity (Wildman–Crippen MR) is 110 cm³/mol. The van der Waals surface area contributed by atoms with Gasteiger partial charge in [-0.1, -0.05) is 64.7 Å². The minimum absolute atomic E-state index is 0.633. The molecule has 2 fully saturated rings. The minimum atomic E-state index is -0.863. The number of methoxy groups -OCH3 is 3. The first-order valence-electron chi connectivity index (χ1n) is 11.5. The van der Waals surface area contributed by atoms with E-state index in [9.17, 15) is 0 Å². The predicted octanol–water partition coefficient (Wildman–Crippen LogP) is 6.07. The number of hydrogen-bond donors (Lipinski definition) is 0. The summed E-state index contributed by atoms with van der Waals surface area (Å²) in [6, 6.07) is 0. The van der Waals surface area contributed by atoms with Crippen molar-refractivity contribution in [3.63, 3.8) is 0 Å². The molecule has 1 saturated carbocycles. The molecule has 1 heterocycles. The van der Waals surface area contributed by atoms with Crippen molar-refractivity contribution < 1.29 is 18.9 Å². The summed E-state index contributed by atoms with van der Waals surface area (Å²) in [6.45, 7) is 2.29. The molecule has 0 bridgehead atoms. The first-order valence-corrected chi connectivity index (χ1v) is 11.5. The molecular weight excluding hydrogens is 340 g/mol. The fourth-order valence-electron chi connectivity index (χ4n) is 4.89. The Morgan fingerprint density at radius 2 is 1.52 bits per heavy atom. The summed E-state index contributed by atoms with van der Waals surface area (Å²) in [6.07, 6.45) is 19.4. The molecule has 1 aliphatic heterocycles. The minimum Gasteiger partial charge on any atom is -0.370 e. The lowest BCUT2D eigenvalue weighted by Gasteiger charge is -2.29. The van der Waals surface area contributed by atoms with Gasteiger partial charge in [0.05, 0.1) is 12.2 Å². The van der Waals surface area contributed by atoms with E-state index in [0.717, 1.165) is 24.7 Å². The molecule has 2 rings (SSSR count). The number of fused-ring (bicyclic) bond motifs is 1. The Kier molecular flexibility index (Phi) is 10.6. The summed E-state index contributed by atoms with van der Waals surface area (Å²) in [5.74, 6) is 0.901. The maximum Gasteiger partial charge on any atom is 0.282 e. The van der Waals surface area contributed by atoms with Gasteiger partial charge in [0.15, 0.2) is 0 Å². The normalized spacial score (nSPS) is 26.0. The zero-order chi connectivity index (χ0) is 19.5. The van der Waals surface area contributed by atoms with Crippen LogP contribution in [0.15, 0.2) is 0 Å². The fourth-order valence-corrected chi connectivity index (χ4v) is 4.89. The molecule has 4 heteroatoms. The zero-order valence-electron chi connectivity index (χ0n) is 18.3. The van der Waals surface area contributed by atoms with Crippen LogP contribution in [0.4, 0.5) is 0 Å². The highest BCUT2D eigenvalue weighted by Crippen LogP contribution is 2.41. The fraction of sp³-hybridized carbons (Fsp3) is 1.00. The summed E-state index contributed by atoms with van der Waals surface area (Å²) >= 11 is 0. The van der Waals surface area contributed by atoms with Gasteiger partial charge in [0.1, 0.15) is 0 Å². The van der Waals surface area contributed by atoms with Gasteiger partial charge in [0.25, 0.3) is 5.97 Å². The maximum absolute atomic E-state index is 5.68. The Morgan fingerprint density at radius 1 is 0.852 bits per heavy atom. The van der Waals surface area contributed by atoms with Crippen LogP contribution in [0.25, 0.3) is 0 Å². The molecule has 1 saturated heterocycles. The van der Waals surface area contributed by atoms with E-state index in [4.69, 9.17) is 18.9 Å². The Morgan fingerprint density at radius 3 is 2.15 bits per heavy atom. The van der Waals surface area contributed by atoms with E-state index in [0.29, 0.717) is 12.2 Å². The lowest BCUT2D eigenvalue weighted by molar-refractivity contribution is -0.355. The molecule has 0 aromatic carbocycles. The SMILES string of the molecule is CCCCCC(CCCCC1CCC2OC2C1)CCCC(OC)(OC)OC. The summed E-state index contributed by atoms with van der Waals surface area (Å²) in [7, 11) is 4.98. The quantitative estimate of drug-likeness (QED) is 0.184. The number of hydrogen-bond acceptors (Lipinski definition) is 4. The number of rotatable bonds is 16. The van der Waals surface area contributed by atoms with Gasteiger partial charge < -0.3 is 18.9 Å². The van der Waals surface area contributed by atoms with Crippen molar-refractivity contribution in [3.8, 4) is 0 Å². The standard InChI is InChI=1S/C23H44O4/c1-5-6-7-11-19(14-10-17-23(24-2,25-3)26-4)12-8-9-13-20-15-16-21-22(18-20)27-21/h19-22H,5-18H2,1-4H3. The van der Waals surface area contributed by atoms with Gasteiger partial charge in [0, 0.05) is 27.8 Å². The third-order valence-electron chi connectivity index (χ3n) is 6.83. The maximum atomic E-state index is 5.68. The molecule has 0 aromatic heterocycles. The van der Waals surface area contributed by atoms with Crippen LogP contribution in [0.5, 0.6) is 0 Å². The largest absolute Gasteiger partial charge is 0.370 e. The van der Waals surface area contributed by atoms with E-state index in [-0.39, 0.29) is 0 Å². The topological polar surface area (TPSA) is 40.2 Å². The highest BCUT2D eigenvalue weighted by atomic mass is 16.9. The highest BCUT2D eigenvalue weighted by Gasteiger charge is 2.43. The van der Waals surface area contributed by atoms with Crippen LogP contribution < -0.4 is 0 Å². The Bertz CT molecular complexity index is 374. The van der Waals surface area contributed by atoms with E-state index in [1.165, 1.54) is 77.0 Å². The van der Waals surface area contributed by atoms with Crippen molar-refractivity contribution >= 4 is 0 Å². The van der Waals surface area contributed by atoms with Gasteiger partial charge in [-0.3, -0.25) is 0 Å². The summed E-state index contributed by atoms with van der Waals surface area (Å²) in [4.78, 5) is 0. The van der Waals surface area contributed by atoms with E-state index in [2.05, 4.69) is 6.92 Å². The molecule has 160 valence electrons. The first kappa shape index (κ1) is 23.1. The molecule has 1 aliphatic carbocycles. The van der Waals surface area contributed by atoms with Gasteiger partial charge in [-0.25, -0.2) is 0 Å². The van der Waals surface area contributed by atoms with Gasteiger partial charge >= 0.3 is 0 Å². The Balaban J connectivity index is 1.63. The second-order valence-electron chi connectivity index (χ2n) is 8.73. The molecular formula is C23H44O4. The molecule has 0 radical (unpaired) electrons. The second-order valence-corrected chi connectivity index (χ2v) is 8.73. The van der Waals surface area contributed by atoms with Crippen LogP contribution in [0.2, 0.25) is 0 Å². The lowest BCUT2D eigenvalue weighted by Crippen LogP contribution is -2.35. The van der Waals surface area contributed by atoms with Crippen LogP contribution in [0.3, 0.4) is 0 Å². The summed E-state index contributed by atoms with van der Waals surface area (Å²) < 4.78 is 22.0. The van der Waals surface area contributed by atoms with Crippen molar-refractivity contribution in [1.29, 1.82) is 0 Å². The van der Waals surface area contributed by atoms with Crippen LogP contribution in [-0.4, -0.2) is 39.5 Å². The van der Waals surface area contributed by atoms with Crippen LogP contribution in [-0.2, 0) is 18.9 Å². The van der Waals surface area contributed by atoms with Crippen LogP contribution in [0, 0.1) is 11.8 Å². The Hall–Kier alpha value is -0.160. The molecule has 0 spiro atoms. The van der Waals surface area contributed by atoms with Crippen molar-refractivity contribution in [2.45, 2.75) is 115 Å². The zero-order valence-corrected chi connectivity index (χ0v) is 18.3. The molecule has 4 atom stereocenters. The average molecular weight is 385 g/mol. The number of epoxide rings is 1. The van der Waals surface area contributed by atoms with Crippen molar-refractivity contribution in [2.24, 2.45) is 11.8 Å². The van der Waals surface area contributed by atoms with E-state index in [1.807, 2.05) is 0 Å².